The molecule has 1 heterocycles. The molecule has 2 atom stereocenters. The Kier molecular flexibility index (Phi) is 9.45. The molecule has 0 saturated carbocycles. The van der Waals surface area contributed by atoms with E-state index in [9.17, 15) is 24.0 Å². The summed E-state index contributed by atoms with van der Waals surface area (Å²) in [4.78, 5) is 61.4. The van der Waals surface area contributed by atoms with Crippen LogP contribution >= 0.6 is 0 Å². The molecular weight excluding hydrogens is 420 g/mol. The van der Waals surface area contributed by atoms with Crippen molar-refractivity contribution in [1.29, 1.82) is 0 Å². The van der Waals surface area contributed by atoms with E-state index in [2.05, 4.69) is 15.4 Å². The first kappa shape index (κ1) is 24.6. The number of benzene rings is 1. The van der Waals surface area contributed by atoms with Gasteiger partial charge in [0.25, 0.3) is 0 Å². The van der Waals surface area contributed by atoms with Crippen LogP contribution in [-0.2, 0) is 35.3 Å². The lowest BCUT2D eigenvalue weighted by Crippen LogP contribution is -2.52. The van der Waals surface area contributed by atoms with Crippen LogP contribution in [0.3, 0.4) is 0 Å². The zero-order valence-electron chi connectivity index (χ0n) is 17.9. The van der Waals surface area contributed by atoms with Gasteiger partial charge in [0.05, 0.1) is 7.11 Å². The van der Waals surface area contributed by atoms with Gasteiger partial charge in [-0.25, -0.2) is 9.59 Å². The summed E-state index contributed by atoms with van der Waals surface area (Å²) in [5.41, 5.74) is 5.92. The van der Waals surface area contributed by atoms with E-state index in [-0.39, 0.29) is 26.0 Å². The van der Waals surface area contributed by atoms with Gasteiger partial charge in [-0.05, 0) is 24.8 Å². The Morgan fingerprint density at radius 3 is 2.56 bits per heavy atom. The fourth-order valence-corrected chi connectivity index (χ4v) is 3.31. The van der Waals surface area contributed by atoms with Crippen molar-refractivity contribution in [3.05, 3.63) is 35.9 Å². The van der Waals surface area contributed by atoms with Crippen LogP contribution < -0.4 is 16.4 Å². The van der Waals surface area contributed by atoms with E-state index < -0.39 is 41.9 Å². The number of amides is 4. The van der Waals surface area contributed by atoms with E-state index in [0.717, 1.165) is 5.56 Å². The van der Waals surface area contributed by atoms with E-state index in [0.29, 0.717) is 19.4 Å². The average Bonchev–Trinajstić information content (AvgIpc) is 3.29. The summed E-state index contributed by atoms with van der Waals surface area (Å²) in [6.45, 7) is 0.0666. The lowest BCUT2D eigenvalue weighted by molar-refractivity contribution is -0.146. The van der Waals surface area contributed by atoms with E-state index >= 15 is 0 Å². The number of nitrogens with zero attached hydrogens (tertiary/aromatic N) is 1. The van der Waals surface area contributed by atoms with Crippen LogP contribution in [0, 0.1) is 0 Å². The third-order valence-electron chi connectivity index (χ3n) is 4.95. The van der Waals surface area contributed by atoms with Gasteiger partial charge < -0.3 is 30.7 Å². The molecule has 174 valence electrons. The molecule has 1 aromatic carbocycles. The molecule has 4 N–H and O–H groups in total. The number of esters is 1. The van der Waals surface area contributed by atoms with E-state index in [1.54, 1.807) is 12.1 Å². The first-order valence-corrected chi connectivity index (χ1v) is 10.2. The molecule has 0 radical (unpaired) electrons. The van der Waals surface area contributed by atoms with Crippen molar-refractivity contribution >= 4 is 29.8 Å². The van der Waals surface area contributed by atoms with Gasteiger partial charge in [-0.3, -0.25) is 14.4 Å². The highest BCUT2D eigenvalue weighted by atomic mass is 16.5. The highest BCUT2D eigenvalue weighted by Gasteiger charge is 2.36. The molecule has 1 aromatic rings. The van der Waals surface area contributed by atoms with Crippen molar-refractivity contribution in [3.63, 3.8) is 0 Å². The van der Waals surface area contributed by atoms with Crippen molar-refractivity contribution in [1.82, 2.24) is 15.5 Å². The minimum atomic E-state index is -1.05. The smallest absolute Gasteiger partial charge is 0.407 e. The zero-order chi connectivity index (χ0) is 23.5. The maximum Gasteiger partial charge on any atom is 0.407 e. The summed E-state index contributed by atoms with van der Waals surface area (Å²) in [6, 6.07) is 7.23. The van der Waals surface area contributed by atoms with Crippen molar-refractivity contribution < 1.29 is 33.4 Å². The third-order valence-corrected chi connectivity index (χ3v) is 4.95. The minimum absolute atomic E-state index is 0.0107. The Labute approximate surface area is 185 Å². The number of likely N-dealkylation sites (tertiary alicyclic amines) is 1. The number of primary amides is 1. The Balaban J connectivity index is 1.85. The molecule has 0 spiro atoms. The first-order chi connectivity index (χ1) is 15.3. The number of hydrogen-bond acceptors (Lipinski definition) is 7. The molecule has 1 aliphatic heterocycles. The number of carbonyl (C=O) groups is 5. The van der Waals surface area contributed by atoms with Crippen molar-refractivity contribution in [3.8, 4) is 0 Å². The van der Waals surface area contributed by atoms with Crippen molar-refractivity contribution in [2.24, 2.45) is 5.73 Å². The lowest BCUT2D eigenvalue weighted by Gasteiger charge is -2.26. The number of carbonyl (C=O) groups excluding carboxylic acids is 5. The predicted molar refractivity (Wildman–Crippen MR) is 112 cm³/mol. The van der Waals surface area contributed by atoms with Gasteiger partial charge in [0.15, 0.2) is 0 Å². The van der Waals surface area contributed by atoms with Gasteiger partial charge >= 0.3 is 12.1 Å². The minimum Gasteiger partial charge on any atom is -0.467 e. The van der Waals surface area contributed by atoms with Crippen LogP contribution in [-0.4, -0.2) is 67.0 Å². The molecule has 1 saturated heterocycles. The highest BCUT2D eigenvalue weighted by molar-refractivity contribution is 5.92. The Bertz CT molecular complexity index is 831. The van der Waals surface area contributed by atoms with Gasteiger partial charge in [0, 0.05) is 13.0 Å². The van der Waals surface area contributed by atoms with Crippen LogP contribution in [0.2, 0.25) is 0 Å². The lowest BCUT2D eigenvalue weighted by atomic mass is 10.1. The summed E-state index contributed by atoms with van der Waals surface area (Å²) < 4.78 is 9.72. The normalized spacial score (nSPS) is 16.0. The number of nitrogens with two attached hydrogens (primary N) is 1. The summed E-state index contributed by atoms with van der Waals surface area (Å²) in [6.07, 6.45) is 0.122. The Hall–Kier alpha value is -3.63. The molecule has 0 unspecified atom stereocenters. The van der Waals surface area contributed by atoms with Gasteiger partial charge in [-0.1, -0.05) is 30.3 Å². The van der Waals surface area contributed by atoms with Crippen LogP contribution in [0.4, 0.5) is 4.79 Å². The molecule has 11 nitrogen and oxygen atoms in total. The molecular formula is C21H28N4O7. The average molecular weight is 448 g/mol. The van der Waals surface area contributed by atoms with E-state index in [4.69, 9.17) is 10.5 Å². The highest BCUT2D eigenvalue weighted by Crippen LogP contribution is 2.18. The second kappa shape index (κ2) is 12.3. The Morgan fingerprint density at radius 1 is 1.19 bits per heavy atom. The third kappa shape index (κ3) is 7.56. The predicted octanol–water partition coefficient (Wildman–Crippen LogP) is -0.173. The number of ether oxygens (including phenoxy) is 2. The second-order valence-electron chi connectivity index (χ2n) is 7.25. The molecule has 32 heavy (non-hydrogen) atoms. The summed E-state index contributed by atoms with van der Waals surface area (Å²) in [5, 5.41) is 4.91. The molecule has 0 aromatic heterocycles. The van der Waals surface area contributed by atoms with Gasteiger partial charge in [0.1, 0.15) is 25.2 Å². The largest absolute Gasteiger partial charge is 0.467 e. The Morgan fingerprint density at radius 2 is 1.91 bits per heavy atom. The van der Waals surface area contributed by atoms with Gasteiger partial charge in [-0.2, -0.15) is 0 Å². The summed E-state index contributed by atoms with van der Waals surface area (Å²) in [5.74, 6) is -2.32. The topological polar surface area (TPSA) is 157 Å². The molecule has 11 heteroatoms. The SMILES string of the molecule is COC(=O)[C@H](CCC(N)=O)NC(=O)[C@@H]1CCCN1C(=O)CNC(=O)OCc1ccccc1. The number of nitrogens with one attached hydrogen (secondary N) is 2. The fraction of sp³-hybridized carbons (Fsp3) is 0.476. The van der Waals surface area contributed by atoms with Gasteiger partial charge in [-0.15, -0.1) is 0 Å². The standard InChI is InChI=1S/C21H28N4O7/c1-31-20(29)15(9-10-17(22)26)24-19(28)16-8-5-11-25(16)18(27)12-23-21(30)32-13-14-6-3-2-4-7-14/h2-4,6-7,15-16H,5,8-13H2,1H3,(H2,22,26)(H,23,30)(H,24,28)/t15-,16-/m0/s1. The van der Waals surface area contributed by atoms with Crippen LogP contribution in [0.5, 0.6) is 0 Å². The number of methoxy groups -OCH3 is 1. The number of hydrogen-bond donors (Lipinski definition) is 3. The van der Waals surface area contributed by atoms with E-state index in [1.807, 2.05) is 18.2 Å². The van der Waals surface area contributed by atoms with Crippen LogP contribution in [0.25, 0.3) is 0 Å². The molecule has 1 aliphatic rings. The summed E-state index contributed by atoms with van der Waals surface area (Å²) >= 11 is 0. The first-order valence-electron chi connectivity index (χ1n) is 10.2. The van der Waals surface area contributed by atoms with Crippen LogP contribution in [0.15, 0.2) is 30.3 Å². The maximum absolute atomic E-state index is 12.7. The fourth-order valence-electron chi connectivity index (χ4n) is 3.31. The molecule has 1 fully saturated rings. The summed E-state index contributed by atoms with van der Waals surface area (Å²) in [7, 11) is 1.17. The van der Waals surface area contributed by atoms with Crippen molar-refractivity contribution in [2.75, 3.05) is 20.2 Å². The van der Waals surface area contributed by atoms with Gasteiger partial charge in [0.2, 0.25) is 17.7 Å². The molecule has 0 bridgehead atoms. The molecule has 4 amide bonds. The number of rotatable bonds is 10. The second-order valence-corrected chi connectivity index (χ2v) is 7.25. The maximum atomic E-state index is 12.7. The van der Waals surface area contributed by atoms with E-state index in [1.165, 1.54) is 12.0 Å². The monoisotopic (exact) mass is 448 g/mol. The number of alkyl carbamates (subject to hydrolysis) is 1. The molecule has 2 rings (SSSR count). The molecule has 0 aliphatic carbocycles. The zero-order valence-corrected chi connectivity index (χ0v) is 17.9. The van der Waals surface area contributed by atoms with Crippen LogP contribution in [0.1, 0.15) is 31.2 Å². The quantitative estimate of drug-likeness (QED) is 0.419. The van der Waals surface area contributed by atoms with Crippen molar-refractivity contribution in [2.45, 2.75) is 44.4 Å².